The van der Waals surface area contributed by atoms with Crippen LogP contribution in [0.3, 0.4) is 0 Å². The third kappa shape index (κ3) is 5.76. The molecule has 9 heavy (non-hydrogen) atoms. The van der Waals surface area contributed by atoms with Crippen LogP contribution in [0.1, 0.15) is 12.8 Å². The summed E-state index contributed by atoms with van der Waals surface area (Å²) in [4.78, 5) is 0. The average Bonchev–Trinajstić information content (AvgIpc) is 1.85. The molecule has 0 aromatic heterocycles. The molecule has 0 aliphatic rings. The van der Waals surface area contributed by atoms with Crippen molar-refractivity contribution in [3.05, 3.63) is 6.42 Å². The van der Waals surface area contributed by atoms with Crippen LogP contribution >= 0.6 is 0 Å². The highest BCUT2D eigenvalue weighted by Crippen LogP contribution is 1.97. The molecule has 0 rings (SSSR count). The number of hydrogen-bond donors (Lipinski definition) is 3. The summed E-state index contributed by atoms with van der Waals surface area (Å²) < 4.78 is 0. The molecular formula is C6H13O3. The highest BCUT2D eigenvalue weighted by molar-refractivity contribution is 4.73. The molecule has 0 spiro atoms. The molecule has 3 heteroatoms. The first-order chi connectivity index (χ1) is 4.31. The van der Waals surface area contributed by atoms with E-state index in [0.29, 0.717) is 12.8 Å². The van der Waals surface area contributed by atoms with Gasteiger partial charge in [-0.15, -0.1) is 0 Å². The van der Waals surface area contributed by atoms with Gasteiger partial charge in [0.15, 0.2) is 0 Å². The zero-order valence-corrected chi connectivity index (χ0v) is 5.32. The van der Waals surface area contributed by atoms with Gasteiger partial charge in [0, 0.05) is 13.2 Å². The van der Waals surface area contributed by atoms with Crippen molar-refractivity contribution >= 4 is 0 Å². The van der Waals surface area contributed by atoms with Gasteiger partial charge >= 0.3 is 0 Å². The molecule has 0 fully saturated rings. The maximum atomic E-state index is 8.85. The Morgan fingerprint density at radius 1 is 1.22 bits per heavy atom. The lowest BCUT2D eigenvalue weighted by atomic mass is 10.1. The molecule has 1 unspecified atom stereocenters. The van der Waals surface area contributed by atoms with Gasteiger partial charge in [-0.3, -0.25) is 0 Å². The molecular weight excluding hydrogens is 120 g/mol. The van der Waals surface area contributed by atoms with Crippen LogP contribution in [0, 0.1) is 6.42 Å². The van der Waals surface area contributed by atoms with Crippen LogP contribution in [-0.4, -0.2) is 34.6 Å². The summed E-state index contributed by atoms with van der Waals surface area (Å²) in [6.45, 7) is 0.0472. The second-order valence-corrected chi connectivity index (χ2v) is 1.83. The number of aliphatic hydroxyl groups is 3. The van der Waals surface area contributed by atoms with Gasteiger partial charge in [0.05, 0.1) is 6.10 Å². The van der Waals surface area contributed by atoms with E-state index in [1.807, 2.05) is 0 Å². The number of aliphatic hydroxyl groups excluding tert-OH is 3. The Morgan fingerprint density at radius 3 is 2.33 bits per heavy atom. The van der Waals surface area contributed by atoms with Crippen molar-refractivity contribution in [1.29, 1.82) is 0 Å². The zero-order chi connectivity index (χ0) is 7.11. The van der Waals surface area contributed by atoms with Gasteiger partial charge in [0.1, 0.15) is 0 Å². The summed E-state index contributed by atoms with van der Waals surface area (Å²) in [5, 5.41) is 25.4. The molecule has 0 saturated heterocycles. The summed E-state index contributed by atoms with van der Waals surface area (Å²) in [5.41, 5.74) is 0. The minimum atomic E-state index is -0.567. The fourth-order valence-electron chi connectivity index (χ4n) is 0.517. The van der Waals surface area contributed by atoms with Crippen LogP contribution in [0.25, 0.3) is 0 Å². The van der Waals surface area contributed by atoms with Crippen LogP contribution in [0.15, 0.2) is 0 Å². The van der Waals surface area contributed by atoms with E-state index in [-0.39, 0.29) is 13.2 Å². The molecule has 0 heterocycles. The topological polar surface area (TPSA) is 60.7 Å². The maximum absolute atomic E-state index is 8.85. The van der Waals surface area contributed by atoms with Crippen molar-refractivity contribution in [2.24, 2.45) is 0 Å². The van der Waals surface area contributed by atoms with Crippen LogP contribution in [-0.2, 0) is 0 Å². The van der Waals surface area contributed by atoms with Gasteiger partial charge in [0.2, 0.25) is 0 Å². The van der Waals surface area contributed by atoms with Crippen molar-refractivity contribution in [2.45, 2.75) is 18.9 Å². The Bertz CT molecular complexity index is 56.3. The van der Waals surface area contributed by atoms with Crippen molar-refractivity contribution in [1.82, 2.24) is 0 Å². The van der Waals surface area contributed by atoms with Crippen molar-refractivity contribution in [2.75, 3.05) is 13.2 Å². The van der Waals surface area contributed by atoms with Crippen molar-refractivity contribution in [3.63, 3.8) is 0 Å². The van der Waals surface area contributed by atoms with Gasteiger partial charge in [-0.1, -0.05) is 0 Å². The molecule has 0 aromatic carbocycles. The minimum absolute atomic E-state index is 0.0108. The van der Waals surface area contributed by atoms with Crippen LogP contribution in [0.4, 0.5) is 0 Å². The smallest absolute Gasteiger partial charge is 0.0594 e. The predicted molar refractivity (Wildman–Crippen MR) is 33.7 cm³/mol. The van der Waals surface area contributed by atoms with Gasteiger partial charge in [-0.05, 0) is 19.3 Å². The highest BCUT2D eigenvalue weighted by atomic mass is 16.3. The van der Waals surface area contributed by atoms with Gasteiger partial charge in [0.25, 0.3) is 0 Å². The molecule has 3 N–H and O–H groups in total. The molecule has 55 valence electrons. The SMILES string of the molecule is OCC[CH]C(O)CCO. The fourth-order valence-corrected chi connectivity index (χ4v) is 0.517. The summed E-state index contributed by atoms with van der Waals surface area (Å²) in [6, 6.07) is 0. The molecule has 0 amide bonds. The van der Waals surface area contributed by atoms with E-state index in [2.05, 4.69) is 0 Å². The summed E-state index contributed by atoms with van der Waals surface area (Å²) in [6.07, 6.45) is 1.86. The van der Waals surface area contributed by atoms with Gasteiger partial charge in [-0.25, -0.2) is 0 Å². The third-order valence-electron chi connectivity index (χ3n) is 0.993. The van der Waals surface area contributed by atoms with Crippen LogP contribution in [0.2, 0.25) is 0 Å². The first-order valence-electron chi connectivity index (χ1n) is 3.04. The Morgan fingerprint density at radius 2 is 1.89 bits per heavy atom. The second kappa shape index (κ2) is 6.01. The Kier molecular flexibility index (Phi) is 5.93. The molecule has 0 bridgehead atoms. The maximum Gasteiger partial charge on any atom is 0.0594 e. The average molecular weight is 133 g/mol. The standard InChI is InChI=1S/C6H13O3/c7-4-1-2-6(9)3-5-8/h2,6-9H,1,3-5H2. The van der Waals surface area contributed by atoms with Gasteiger partial charge in [-0.2, -0.15) is 0 Å². The Hall–Kier alpha value is -0.120. The van der Waals surface area contributed by atoms with Crippen molar-refractivity contribution in [3.8, 4) is 0 Å². The molecule has 0 aliphatic carbocycles. The second-order valence-electron chi connectivity index (χ2n) is 1.83. The number of hydrogen-bond acceptors (Lipinski definition) is 3. The Labute approximate surface area is 54.9 Å². The molecule has 1 radical (unpaired) electrons. The largest absolute Gasteiger partial charge is 0.396 e. The van der Waals surface area contributed by atoms with E-state index in [1.54, 1.807) is 6.42 Å². The molecule has 0 aromatic rings. The normalized spacial score (nSPS) is 13.7. The van der Waals surface area contributed by atoms with E-state index in [4.69, 9.17) is 15.3 Å². The molecule has 3 nitrogen and oxygen atoms in total. The lowest BCUT2D eigenvalue weighted by molar-refractivity contribution is 0.150. The van der Waals surface area contributed by atoms with E-state index in [1.165, 1.54) is 0 Å². The lowest BCUT2D eigenvalue weighted by Crippen LogP contribution is -2.09. The third-order valence-corrected chi connectivity index (χ3v) is 0.993. The molecule has 1 atom stereocenters. The fraction of sp³-hybridized carbons (Fsp3) is 0.833. The monoisotopic (exact) mass is 133 g/mol. The highest BCUT2D eigenvalue weighted by Gasteiger charge is 2.00. The first kappa shape index (κ1) is 8.88. The quantitative estimate of drug-likeness (QED) is 0.465. The van der Waals surface area contributed by atoms with Crippen molar-refractivity contribution < 1.29 is 15.3 Å². The summed E-state index contributed by atoms with van der Waals surface area (Å²) in [7, 11) is 0. The molecule has 0 saturated carbocycles. The van der Waals surface area contributed by atoms with E-state index in [0.717, 1.165) is 0 Å². The van der Waals surface area contributed by atoms with E-state index in [9.17, 15) is 0 Å². The van der Waals surface area contributed by atoms with E-state index >= 15 is 0 Å². The lowest BCUT2D eigenvalue weighted by Gasteiger charge is -2.05. The number of rotatable bonds is 5. The zero-order valence-electron chi connectivity index (χ0n) is 5.32. The summed E-state index contributed by atoms with van der Waals surface area (Å²) in [5.74, 6) is 0. The Balaban J connectivity index is 2.95. The molecule has 0 aliphatic heterocycles. The van der Waals surface area contributed by atoms with E-state index < -0.39 is 6.10 Å². The predicted octanol–water partition coefficient (Wildman–Crippen LogP) is -0.684. The summed E-state index contributed by atoms with van der Waals surface area (Å²) >= 11 is 0. The minimum Gasteiger partial charge on any atom is -0.396 e. The van der Waals surface area contributed by atoms with Gasteiger partial charge < -0.3 is 15.3 Å². The first-order valence-corrected chi connectivity index (χ1v) is 3.04. The van der Waals surface area contributed by atoms with Crippen LogP contribution in [0.5, 0.6) is 0 Å². The van der Waals surface area contributed by atoms with Crippen LogP contribution < -0.4 is 0 Å².